The van der Waals surface area contributed by atoms with E-state index in [0.29, 0.717) is 6.04 Å². The van der Waals surface area contributed by atoms with Crippen molar-refractivity contribution in [1.29, 1.82) is 0 Å². The summed E-state index contributed by atoms with van der Waals surface area (Å²) in [4.78, 5) is 0. The Labute approximate surface area is 110 Å². The molecular weight excluding hydrogens is 222 g/mol. The molecule has 1 aromatic rings. The summed E-state index contributed by atoms with van der Waals surface area (Å²) in [5, 5.41) is 13.3. The Morgan fingerprint density at radius 1 is 1.22 bits per heavy atom. The molecule has 2 rings (SSSR count). The zero-order chi connectivity index (χ0) is 13.0. The van der Waals surface area contributed by atoms with Crippen LogP contribution >= 0.6 is 0 Å². The Hall–Kier alpha value is -0.860. The molecule has 1 aliphatic heterocycles. The second-order valence-electron chi connectivity index (χ2n) is 6.06. The first-order chi connectivity index (χ1) is 8.54. The standard InChI is InChI=1S/C16H25NO/c1-16(2,18)11-10-13-6-8-14(9-7-13)15-5-3-4-12-17-15/h6-9,15,17-18H,3-5,10-12H2,1-2H3. The number of nitrogens with one attached hydrogen (secondary N) is 1. The van der Waals surface area contributed by atoms with E-state index in [0.717, 1.165) is 19.4 Å². The number of aryl methyl sites for hydroxylation is 1. The Balaban J connectivity index is 1.92. The van der Waals surface area contributed by atoms with E-state index in [2.05, 4.69) is 29.6 Å². The molecule has 1 aromatic carbocycles. The lowest BCUT2D eigenvalue weighted by Crippen LogP contribution is -2.26. The van der Waals surface area contributed by atoms with E-state index in [1.807, 2.05) is 13.8 Å². The largest absolute Gasteiger partial charge is 0.390 e. The van der Waals surface area contributed by atoms with Crippen LogP contribution in [-0.2, 0) is 6.42 Å². The Morgan fingerprint density at radius 3 is 2.50 bits per heavy atom. The summed E-state index contributed by atoms with van der Waals surface area (Å²) in [6.07, 6.45) is 5.65. The summed E-state index contributed by atoms with van der Waals surface area (Å²) in [5.74, 6) is 0. The zero-order valence-electron chi connectivity index (χ0n) is 11.6. The van der Waals surface area contributed by atoms with Crippen molar-refractivity contribution < 1.29 is 5.11 Å². The fraction of sp³-hybridized carbons (Fsp3) is 0.625. The molecule has 0 saturated carbocycles. The van der Waals surface area contributed by atoms with Crippen molar-refractivity contribution in [2.75, 3.05) is 6.54 Å². The molecule has 0 bridgehead atoms. The molecule has 1 aliphatic rings. The van der Waals surface area contributed by atoms with Crippen LogP contribution in [0.15, 0.2) is 24.3 Å². The molecule has 1 unspecified atom stereocenters. The monoisotopic (exact) mass is 247 g/mol. The molecule has 2 N–H and O–H groups in total. The summed E-state index contributed by atoms with van der Waals surface area (Å²) >= 11 is 0. The first-order valence-corrected chi connectivity index (χ1v) is 7.09. The first-order valence-electron chi connectivity index (χ1n) is 7.09. The minimum absolute atomic E-state index is 0.544. The highest BCUT2D eigenvalue weighted by atomic mass is 16.3. The molecule has 0 spiro atoms. The SMILES string of the molecule is CC(C)(O)CCc1ccc(C2CCCCN2)cc1. The van der Waals surface area contributed by atoms with Crippen LogP contribution in [0.25, 0.3) is 0 Å². The van der Waals surface area contributed by atoms with Crippen LogP contribution < -0.4 is 5.32 Å². The van der Waals surface area contributed by atoms with Gasteiger partial charge in [0.25, 0.3) is 0 Å². The molecule has 2 heteroatoms. The summed E-state index contributed by atoms with van der Waals surface area (Å²) in [6.45, 7) is 4.88. The fourth-order valence-electron chi connectivity index (χ4n) is 2.50. The molecule has 0 aliphatic carbocycles. The summed E-state index contributed by atoms with van der Waals surface area (Å²) in [6, 6.07) is 9.43. The van der Waals surface area contributed by atoms with Gasteiger partial charge in [0.1, 0.15) is 0 Å². The van der Waals surface area contributed by atoms with Gasteiger partial charge >= 0.3 is 0 Å². The maximum atomic E-state index is 9.73. The lowest BCUT2D eigenvalue weighted by molar-refractivity contribution is 0.0714. The zero-order valence-corrected chi connectivity index (χ0v) is 11.6. The topological polar surface area (TPSA) is 32.3 Å². The maximum absolute atomic E-state index is 9.73. The molecule has 1 saturated heterocycles. The van der Waals surface area contributed by atoms with Gasteiger partial charge in [-0.3, -0.25) is 0 Å². The van der Waals surface area contributed by atoms with E-state index in [4.69, 9.17) is 0 Å². The van der Waals surface area contributed by atoms with Crippen LogP contribution in [0, 0.1) is 0 Å². The summed E-state index contributed by atoms with van der Waals surface area (Å²) < 4.78 is 0. The number of benzene rings is 1. The van der Waals surface area contributed by atoms with Gasteiger partial charge in [-0.15, -0.1) is 0 Å². The van der Waals surface area contributed by atoms with E-state index in [1.165, 1.54) is 30.4 Å². The number of hydrogen-bond acceptors (Lipinski definition) is 2. The van der Waals surface area contributed by atoms with Gasteiger partial charge in [0, 0.05) is 6.04 Å². The highest BCUT2D eigenvalue weighted by molar-refractivity contribution is 5.25. The molecule has 1 atom stereocenters. The Kier molecular flexibility index (Phi) is 4.41. The van der Waals surface area contributed by atoms with Crippen molar-refractivity contribution >= 4 is 0 Å². The van der Waals surface area contributed by atoms with E-state index in [-0.39, 0.29) is 0 Å². The second-order valence-corrected chi connectivity index (χ2v) is 6.06. The molecule has 0 radical (unpaired) electrons. The highest BCUT2D eigenvalue weighted by Crippen LogP contribution is 2.23. The van der Waals surface area contributed by atoms with Gasteiger partial charge in [-0.1, -0.05) is 30.7 Å². The van der Waals surface area contributed by atoms with Crippen molar-refractivity contribution in [2.24, 2.45) is 0 Å². The van der Waals surface area contributed by atoms with Gasteiger partial charge in [-0.25, -0.2) is 0 Å². The first kappa shape index (κ1) is 13.6. The molecule has 100 valence electrons. The number of rotatable bonds is 4. The van der Waals surface area contributed by atoms with Crippen molar-refractivity contribution in [1.82, 2.24) is 5.32 Å². The quantitative estimate of drug-likeness (QED) is 0.856. The van der Waals surface area contributed by atoms with Crippen molar-refractivity contribution in [3.8, 4) is 0 Å². The fourth-order valence-corrected chi connectivity index (χ4v) is 2.50. The lowest BCUT2D eigenvalue weighted by atomic mass is 9.94. The van der Waals surface area contributed by atoms with Gasteiger partial charge in [0.2, 0.25) is 0 Å². The third kappa shape index (κ3) is 4.11. The molecule has 18 heavy (non-hydrogen) atoms. The molecule has 0 aromatic heterocycles. The molecule has 1 fully saturated rings. The average Bonchev–Trinajstić information content (AvgIpc) is 2.37. The van der Waals surface area contributed by atoms with Crippen LogP contribution in [0.2, 0.25) is 0 Å². The number of aliphatic hydroxyl groups is 1. The highest BCUT2D eigenvalue weighted by Gasteiger charge is 2.15. The smallest absolute Gasteiger partial charge is 0.0594 e. The Morgan fingerprint density at radius 2 is 1.94 bits per heavy atom. The van der Waals surface area contributed by atoms with Crippen molar-refractivity contribution in [3.63, 3.8) is 0 Å². The van der Waals surface area contributed by atoms with Crippen molar-refractivity contribution in [3.05, 3.63) is 35.4 Å². The number of piperidine rings is 1. The third-order valence-electron chi connectivity index (χ3n) is 3.72. The van der Waals surface area contributed by atoms with E-state index < -0.39 is 5.60 Å². The maximum Gasteiger partial charge on any atom is 0.0594 e. The van der Waals surface area contributed by atoms with Gasteiger partial charge in [-0.2, -0.15) is 0 Å². The minimum Gasteiger partial charge on any atom is -0.390 e. The van der Waals surface area contributed by atoms with Crippen LogP contribution in [0.5, 0.6) is 0 Å². The van der Waals surface area contributed by atoms with E-state index in [1.54, 1.807) is 0 Å². The third-order valence-corrected chi connectivity index (χ3v) is 3.72. The Bertz CT molecular complexity index is 358. The number of hydrogen-bond donors (Lipinski definition) is 2. The second kappa shape index (κ2) is 5.85. The van der Waals surface area contributed by atoms with Gasteiger partial charge in [0.05, 0.1) is 5.60 Å². The van der Waals surface area contributed by atoms with Gasteiger partial charge < -0.3 is 10.4 Å². The van der Waals surface area contributed by atoms with Crippen LogP contribution in [0.1, 0.15) is 56.7 Å². The lowest BCUT2D eigenvalue weighted by Gasteiger charge is -2.24. The van der Waals surface area contributed by atoms with Crippen LogP contribution in [0.3, 0.4) is 0 Å². The predicted molar refractivity (Wildman–Crippen MR) is 75.7 cm³/mol. The molecule has 2 nitrogen and oxygen atoms in total. The average molecular weight is 247 g/mol. The van der Waals surface area contributed by atoms with E-state index >= 15 is 0 Å². The van der Waals surface area contributed by atoms with Gasteiger partial charge in [0.15, 0.2) is 0 Å². The van der Waals surface area contributed by atoms with Crippen molar-refractivity contribution in [2.45, 2.75) is 57.6 Å². The summed E-state index contributed by atoms with van der Waals surface area (Å²) in [7, 11) is 0. The molecule has 1 heterocycles. The summed E-state index contributed by atoms with van der Waals surface area (Å²) in [5.41, 5.74) is 2.15. The van der Waals surface area contributed by atoms with Gasteiger partial charge in [-0.05, 0) is 57.2 Å². The minimum atomic E-state index is -0.566. The predicted octanol–water partition coefficient (Wildman–Crippen LogP) is 3.20. The van der Waals surface area contributed by atoms with Crippen LogP contribution in [-0.4, -0.2) is 17.3 Å². The molecule has 0 amide bonds. The van der Waals surface area contributed by atoms with E-state index in [9.17, 15) is 5.11 Å². The van der Waals surface area contributed by atoms with Crippen LogP contribution in [0.4, 0.5) is 0 Å². The normalized spacial score (nSPS) is 20.9. The molecular formula is C16H25NO.